The van der Waals surface area contributed by atoms with E-state index in [4.69, 9.17) is 0 Å². The van der Waals surface area contributed by atoms with Gasteiger partial charge in [-0.2, -0.15) is 0 Å². The monoisotopic (exact) mass is 243 g/mol. The fourth-order valence-electron chi connectivity index (χ4n) is 2.87. The molecule has 0 aromatic heterocycles. The molecular formula is C13H25NOS. The first kappa shape index (κ1) is 12.6. The molecule has 0 aromatic rings. The highest BCUT2D eigenvalue weighted by Gasteiger charge is 2.31. The Labute approximate surface area is 102 Å². The van der Waals surface area contributed by atoms with E-state index in [-0.39, 0.29) is 0 Å². The molecule has 94 valence electrons. The van der Waals surface area contributed by atoms with Gasteiger partial charge >= 0.3 is 0 Å². The van der Waals surface area contributed by atoms with Crippen LogP contribution in [0.2, 0.25) is 0 Å². The zero-order valence-corrected chi connectivity index (χ0v) is 11.4. The summed E-state index contributed by atoms with van der Waals surface area (Å²) in [4.78, 5) is 0. The second-order valence-electron chi connectivity index (χ2n) is 5.45. The van der Waals surface area contributed by atoms with Crippen molar-refractivity contribution in [2.24, 2.45) is 5.92 Å². The van der Waals surface area contributed by atoms with Crippen LogP contribution in [0.3, 0.4) is 0 Å². The quantitative estimate of drug-likeness (QED) is 0.803. The van der Waals surface area contributed by atoms with Gasteiger partial charge in [-0.05, 0) is 44.9 Å². The van der Waals surface area contributed by atoms with E-state index in [0.717, 1.165) is 18.1 Å². The molecule has 2 rings (SSSR count). The van der Waals surface area contributed by atoms with Crippen molar-refractivity contribution in [3.05, 3.63) is 0 Å². The minimum absolute atomic E-state index is 0.461. The molecule has 2 fully saturated rings. The van der Waals surface area contributed by atoms with Gasteiger partial charge in [0.15, 0.2) is 0 Å². The third kappa shape index (κ3) is 3.30. The normalized spacial score (nSPS) is 34.6. The van der Waals surface area contributed by atoms with Crippen LogP contribution in [0.15, 0.2) is 0 Å². The van der Waals surface area contributed by atoms with Crippen molar-refractivity contribution in [1.82, 2.24) is 5.32 Å². The van der Waals surface area contributed by atoms with Crippen LogP contribution in [0.1, 0.15) is 52.4 Å². The molecule has 0 saturated heterocycles. The summed E-state index contributed by atoms with van der Waals surface area (Å²) in [5.74, 6) is 1.76. The van der Waals surface area contributed by atoms with Gasteiger partial charge in [0.2, 0.25) is 0 Å². The van der Waals surface area contributed by atoms with Crippen LogP contribution < -0.4 is 5.32 Å². The summed E-state index contributed by atoms with van der Waals surface area (Å²) in [6.07, 6.45) is 7.67. The van der Waals surface area contributed by atoms with Crippen molar-refractivity contribution in [2.75, 3.05) is 5.75 Å². The van der Waals surface area contributed by atoms with Crippen molar-refractivity contribution in [1.29, 1.82) is 0 Å². The third-order valence-corrected chi connectivity index (χ3v) is 5.85. The van der Waals surface area contributed by atoms with Crippen LogP contribution in [0.5, 0.6) is 0 Å². The SMILES string of the molecule is CCS(=O)C1CCCC(NC(C)C2CC2)C1. The smallest absolute Gasteiger partial charge is 0.0362 e. The van der Waals surface area contributed by atoms with E-state index >= 15 is 0 Å². The van der Waals surface area contributed by atoms with Crippen LogP contribution in [0, 0.1) is 5.92 Å². The fraction of sp³-hybridized carbons (Fsp3) is 1.00. The number of hydrogen-bond acceptors (Lipinski definition) is 2. The summed E-state index contributed by atoms with van der Waals surface area (Å²) in [7, 11) is -0.584. The summed E-state index contributed by atoms with van der Waals surface area (Å²) in [5, 5.41) is 4.22. The molecule has 0 aromatic carbocycles. The molecule has 3 heteroatoms. The van der Waals surface area contributed by atoms with Crippen molar-refractivity contribution in [3.63, 3.8) is 0 Å². The summed E-state index contributed by atoms with van der Waals surface area (Å²) in [6, 6.07) is 1.31. The molecule has 0 spiro atoms. The Kier molecular flexibility index (Phi) is 4.42. The second kappa shape index (κ2) is 5.63. The molecule has 0 amide bonds. The topological polar surface area (TPSA) is 29.1 Å². The average Bonchev–Trinajstić information content (AvgIpc) is 3.12. The van der Waals surface area contributed by atoms with Gasteiger partial charge in [-0.3, -0.25) is 4.21 Å². The molecule has 2 aliphatic rings. The average molecular weight is 243 g/mol. The summed E-state index contributed by atoms with van der Waals surface area (Å²) < 4.78 is 11.8. The highest BCUT2D eigenvalue weighted by atomic mass is 32.2. The van der Waals surface area contributed by atoms with Gasteiger partial charge in [-0.25, -0.2) is 0 Å². The minimum Gasteiger partial charge on any atom is -0.311 e. The van der Waals surface area contributed by atoms with Gasteiger partial charge < -0.3 is 5.32 Å². The molecule has 4 unspecified atom stereocenters. The molecule has 1 N–H and O–H groups in total. The molecule has 0 aliphatic heterocycles. The second-order valence-corrected chi connectivity index (χ2v) is 7.45. The number of hydrogen-bond donors (Lipinski definition) is 1. The standard InChI is InChI=1S/C13H25NOS/c1-3-16(15)13-6-4-5-12(9-13)14-10(2)11-7-8-11/h10-14H,3-9H2,1-2H3. The maximum Gasteiger partial charge on any atom is 0.0362 e. The first-order valence-electron chi connectivity index (χ1n) is 6.84. The maximum atomic E-state index is 11.8. The van der Waals surface area contributed by atoms with E-state index in [1.165, 1.54) is 32.1 Å². The predicted molar refractivity (Wildman–Crippen MR) is 70.0 cm³/mol. The van der Waals surface area contributed by atoms with Crippen molar-refractivity contribution in [3.8, 4) is 0 Å². The Morgan fingerprint density at radius 3 is 2.69 bits per heavy atom. The number of rotatable bonds is 5. The van der Waals surface area contributed by atoms with E-state index in [9.17, 15) is 4.21 Å². The third-order valence-electron chi connectivity index (χ3n) is 4.11. The van der Waals surface area contributed by atoms with Crippen LogP contribution in [0.25, 0.3) is 0 Å². The van der Waals surface area contributed by atoms with Crippen molar-refractivity contribution < 1.29 is 4.21 Å². The van der Waals surface area contributed by atoms with Gasteiger partial charge in [0.05, 0.1) is 0 Å². The molecule has 2 aliphatic carbocycles. The maximum absolute atomic E-state index is 11.8. The molecular weight excluding hydrogens is 218 g/mol. The molecule has 2 nitrogen and oxygen atoms in total. The first-order chi connectivity index (χ1) is 7.70. The van der Waals surface area contributed by atoms with Crippen LogP contribution in [-0.4, -0.2) is 27.3 Å². The molecule has 2 saturated carbocycles. The predicted octanol–water partition coefficient (Wildman–Crippen LogP) is 2.45. The Morgan fingerprint density at radius 1 is 1.31 bits per heavy atom. The van der Waals surface area contributed by atoms with Crippen molar-refractivity contribution in [2.45, 2.75) is 69.7 Å². The van der Waals surface area contributed by atoms with Gasteiger partial charge in [0.25, 0.3) is 0 Å². The lowest BCUT2D eigenvalue weighted by Gasteiger charge is -2.31. The lowest BCUT2D eigenvalue weighted by Crippen LogP contribution is -2.42. The Morgan fingerprint density at radius 2 is 2.06 bits per heavy atom. The summed E-state index contributed by atoms with van der Waals surface area (Å²) in [5.41, 5.74) is 0. The Balaban J connectivity index is 1.79. The van der Waals surface area contributed by atoms with Gasteiger partial charge in [0.1, 0.15) is 0 Å². The minimum atomic E-state index is -0.584. The lowest BCUT2D eigenvalue weighted by molar-refractivity contribution is 0.333. The molecule has 0 radical (unpaired) electrons. The van der Waals surface area contributed by atoms with Crippen LogP contribution in [0.4, 0.5) is 0 Å². The van der Waals surface area contributed by atoms with E-state index in [1.54, 1.807) is 0 Å². The van der Waals surface area contributed by atoms with E-state index in [0.29, 0.717) is 17.3 Å². The molecule has 0 bridgehead atoms. The Hall–Kier alpha value is 0.110. The van der Waals surface area contributed by atoms with Crippen LogP contribution in [-0.2, 0) is 10.8 Å². The van der Waals surface area contributed by atoms with E-state index in [2.05, 4.69) is 12.2 Å². The van der Waals surface area contributed by atoms with E-state index in [1.807, 2.05) is 6.92 Å². The van der Waals surface area contributed by atoms with Crippen molar-refractivity contribution >= 4 is 10.8 Å². The molecule has 4 atom stereocenters. The summed E-state index contributed by atoms with van der Waals surface area (Å²) >= 11 is 0. The fourth-order valence-corrected chi connectivity index (χ4v) is 4.22. The lowest BCUT2D eigenvalue weighted by atomic mass is 9.94. The van der Waals surface area contributed by atoms with Gasteiger partial charge in [0, 0.05) is 33.9 Å². The molecule has 16 heavy (non-hydrogen) atoms. The van der Waals surface area contributed by atoms with Gasteiger partial charge in [-0.1, -0.05) is 13.3 Å². The molecule has 0 heterocycles. The van der Waals surface area contributed by atoms with Gasteiger partial charge in [-0.15, -0.1) is 0 Å². The van der Waals surface area contributed by atoms with E-state index < -0.39 is 10.8 Å². The number of nitrogens with one attached hydrogen (secondary N) is 1. The summed E-state index contributed by atoms with van der Waals surface area (Å²) in [6.45, 7) is 4.36. The highest BCUT2D eigenvalue weighted by Crippen LogP contribution is 2.33. The highest BCUT2D eigenvalue weighted by molar-refractivity contribution is 7.85. The Bertz CT molecular complexity index is 252. The zero-order valence-electron chi connectivity index (χ0n) is 10.6. The largest absolute Gasteiger partial charge is 0.311 e. The zero-order chi connectivity index (χ0) is 11.5. The first-order valence-corrected chi connectivity index (χ1v) is 8.22. The van der Waals surface area contributed by atoms with Crippen LogP contribution >= 0.6 is 0 Å².